The van der Waals surface area contributed by atoms with E-state index in [9.17, 15) is 0 Å². The minimum Gasteiger partial charge on any atom is -0.364 e. The molecule has 28 heavy (non-hydrogen) atoms. The summed E-state index contributed by atoms with van der Waals surface area (Å²) in [6.07, 6.45) is 4.43. The molecular formula is C23H31IN4. The number of halogens is 1. The van der Waals surface area contributed by atoms with E-state index in [4.69, 9.17) is 0 Å². The van der Waals surface area contributed by atoms with E-state index < -0.39 is 0 Å². The first-order chi connectivity index (χ1) is 13.2. The first-order valence-corrected chi connectivity index (χ1v) is 9.65. The molecule has 0 aliphatic carbocycles. The predicted octanol–water partition coefficient (Wildman–Crippen LogP) is 4.46. The molecule has 2 aromatic carbocycles. The van der Waals surface area contributed by atoms with Crippen molar-refractivity contribution in [2.45, 2.75) is 26.3 Å². The fourth-order valence-electron chi connectivity index (χ4n) is 3.22. The zero-order valence-corrected chi connectivity index (χ0v) is 19.3. The Balaban J connectivity index is 0.00000280. The summed E-state index contributed by atoms with van der Waals surface area (Å²) in [7, 11) is 1.82. The van der Waals surface area contributed by atoms with Gasteiger partial charge in [0.2, 0.25) is 0 Å². The molecule has 1 aliphatic heterocycles. The molecule has 3 rings (SSSR count). The van der Waals surface area contributed by atoms with Crippen molar-refractivity contribution in [3.63, 3.8) is 0 Å². The van der Waals surface area contributed by atoms with Crippen LogP contribution in [0.3, 0.4) is 0 Å². The van der Waals surface area contributed by atoms with Gasteiger partial charge in [0.25, 0.3) is 0 Å². The Kier molecular flexibility index (Phi) is 8.83. The molecule has 1 aliphatic rings. The highest BCUT2D eigenvalue weighted by Gasteiger charge is 2.09. The molecule has 0 bridgehead atoms. The third-order valence-corrected chi connectivity index (χ3v) is 5.00. The van der Waals surface area contributed by atoms with Crippen LogP contribution in [0.2, 0.25) is 0 Å². The van der Waals surface area contributed by atoms with Gasteiger partial charge in [-0.15, -0.1) is 24.0 Å². The number of rotatable bonds is 6. The second-order valence-corrected chi connectivity index (χ2v) is 7.16. The van der Waals surface area contributed by atoms with Gasteiger partial charge in [-0.1, -0.05) is 61.0 Å². The standard InChI is InChI=1S/C23H30N4.HI/c1-18-9-11-21(12-10-18)19(2)16-25-23(24-3)26-17-20-7-6-8-22(15-20)27-13-4-5-14-27;/h4-12,15,19H,13-14,16-17H2,1-3H3,(H2,24,25,26);1H. The van der Waals surface area contributed by atoms with Gasteiger partial charge in [-0.2, -0.15) is 0 Å². The third kappa shape index (κ3) is 6.26. The van der Waals surface area contributed by atoms with Crippen molar-refractivity contribution in [2.75, 3.05) is 31.6 Å². The summed E-state index contributed by atoms with van der Waals surface area (Å²) in [6, 6.07) is 17.5. The van der Waals surface area contributed by atoms with E-state index >= 15 is 0 Å². The molecular weight excluding hydrogens is 459 g/mol. The second kappa shape index (κ2) is 11.1. The van der Waals surface area contributed by atoms with E-state index in [2.05, 4.69) is 95.1 Å². The van der Waals surface area contributed by atoms with E-state index in [1.807, 2.05) is 7.05 Å². The number of aryl methyl sites for hydroxylation is 1. The first kappa shape index (κ1) is 22.3. The highest BCUT2D eigenvalue weighted by Crippen LogP contribution is 2.18. The van der Waals surface area contributed by atoms with Gasteiger partial charge in [-0.3, -0.25) is 4.99 Å². The Morgan fingerprint density at radius 1 is 1.07 bits per heavy atom. The predicted molar refractivity (Wildman–Crippen MR) is 131 cm³/mol. The highest BCUT2D eigenvalue weighted by atomic mass is 127. The maximum Gasteiger partial charge on any atom is 0.191 e. The largest absolute Gasteiger partial charge is 0.364 e. The van der Waals surface area contributed by atoms with Crippen molar-refractivity contribution in [3.05, 3.63) is 77.4 Å². The first-order valence-electron chi connectivity index (χ1n) is 9.65. The molecule has 0 spiro atoms. The van der Waals surface area contributed by atoms with Crippen LogP contribution in [0.25, 0.3) is 0 Å². The monoisotopic (exact) mass is 490 g/mol. The molecule has 150 valence electrons. The van der Waals surface area contributed by atoms with Crippen LogP contribution in [0.5, 0.6) is 0 Å². The number of guanidine groups is 1. The van der Waals surface area contributed by atoms with Crippen LogP contribution in [-0.2, 0) is 6.54 Å². The average molecular weight is 490 g/mol. The molecule has 5 heteroatoms. The topological polar surface area (TPSA) is 39.7 Å². The summed E-state index contributed by atoms with van der Waals surface area (Å²) in [6.45, 7) is 7.95. The summed E-state index contributed by atoms with van der Waals surface area (Å²) in [5, 5.41) is 6.86. The van der Waals surface area contributed by atoms with Crippen LogP contribution in [0.15, 0.2) is 65.7 Å². The van der Waals surface area contributed by atoms with E-state index in [0.29, 0.717) is 5.92 Å². The van der Waals surface area contributed by atoms with E-state index in [1.54, 1.807) is 0 Å². The molecule has 0 amide bonds. The number of hydrogen-bond acceptors (Lipinski definition) is 2. The molecule has 0 fully saturated rings. The lowest BCUT2D eigenvalue weighted by molar-refractivity contribution is 0.698. The molecule has 2 aromatic rings. The zero-order valence-electron chi connectivity index (χ0n) is 17.0. The Hall–Kier alpha value is -2.02. The van der Waals surface area contributed by atoms with Gasteiger partial charge in [0, 0.05) is 38.9 Å². The lowest BCUT2D eigenvalue weighted by Gasteiger charge is -2.19. The highest BCUT2D eigenvalue weighted by molar-refractivity contribution is 14.0. The van der Waals surface area contributed by atoms with Crippen molar-refractivity contribution < 1.29 is 0 Å². The van der Waals surface area contributed by atoms with Gasteiger partial charge >= 0.3 is 0 Å². The number of benzene rings is 2. The van der Waals surface area contributed by atoms with Crippen LogP contribution in [0, 0.1) is 6.92 Å². The number of nitrogens with zero attached hydrogens (tertiary/aromatic N) is 2. The average Bonchev–Trinajstić information content (AvgIpc) is 3.23. The lowest BCUT2D eigenvalue weighted by atomic mass is 10.0. The van der Waals surface area contributed by atoms with Crippen molar-refractivity contribution in [2.24, 2.45) is 4.99 Å². The minimum atomic E-state index is 0. The molecule has 0 radical (unpaired) electrons. The van der Waals surface area contributed by atoms with Gasteiger partial charge in [-0.25, -0.2) is 0 Å². The van der Waals surface area contributed by atoms with Crippen molar-refractivity contribution in [3.8, 4) is 0 Å². The van der Waals surface area contributed by atoms with E-state index in [1.165, 1.54) is 22.4 Å². The third-order valence-electron chi connectivity index (χ3n) is 5.00. The fourth-order valence-corrected chi connectivity index (χ4v) is 3.22. The molecule has 0 saturated heterocycles. The second-order valence-electron chi connectivity index (χ2n) is 7.16. The van der Waals surface area contributed by atoms with Gasteiger partial charge in [0.15, 0.2) is 5.96 Å². The SMILES string of the molecule is CN=C(NCc1cccc(N2CC=CC2)c1)NCC(C)c1ccc(C)cc1.I. The maximum atomic E-state index is 4.36. The van der Waals surface area contributed by atoms with Crippen LogP contribution < -0.4 is 15.5 Å². The van der Waals surface area contributed by atoms with Gasteiger partial charge < -0.3 is 15.5 Å². The Morgan fingerprint density at radius 2 is 1.79 bits per heavy atom. The van der Waals surface area contributed by atoms with Gasteiger partial charge in [-0.05, 0) is 36.1 Å². The molecule has 0 aromatic heterocycles. The normalized spacial score (nSPS) is 14.5. The maximum absolute atomic E-state index is 4.36. The van der Waals surface area contributed by atoms with Crippen molar-refractivity contribution in [1.82, 2.24) is 10.6 Å². The summed E-state index contributed by atoms with van der Waals surface area (Å²) in [5.41, 5.74) is 5.17. The molecule has 4 nitrogen and oxygen atoms in total. The molecule has 2 N–H and O–H groups in total. The fraction of sp³-hybridized carbons (Fsp3) is 0.348. The van der Waals surface area contributed by atoms with Crippen LogP contribution in [-0.4, -0.2) is 32.6 Å². The van der Waals surface area contributed by atoms with Gasteiger partial charge in [0.05, 0.1) is 0 Å². The van der Waals surface area contributed by atoms with E-state index in [-0.39, 0.29) is 24.0 Å². The molecule has 1 atom stereocenters. The summed E-state index contributed by atoms with van der Waals surface area (Å²) < 4.78 is 0. The Labute approximate surface area is 186 Å². The van der Waals surface area contributed by atoms with Crippen molar-refractivity contribution >= 4 is 35.6 Å². The van der Waals surface area contributed by atoms with Crippen LogP contribution in [0.1, 0.15) is 29.5 Å². The molecule has 1 unspecified atom stereocenters. The number of anilines is 1. The Bertz CT molecular complexity index is 791. The lowest BCUT2D eigenvalue weighted by Crippen LogP contribution is -2.38. The number of hydrogen-bond donors (Lipinski definition) is 2. The minimum absolute atomic E-state index is 0. The summed E-state index contributed by atoms with van der Waals surface area (Å²) >= 11 is 0. The molecule has 1 heterocycles. The molecule has 0 saturated carbocycles. The Morgan fingerprint density at radius 3 is 2.46 bits per heavy atom. The smallest absolute Gasteiger partial charge is 0.191 e. The quantitative estimate of drug-likeness (QED) is 0.272. The summed E-state index contributed by atoms with van der Waals surface area (Å²) in [4.78, 5) is 6.72. The number of aliphatic imine (C=N–C) groups is 1. The van der Waals surface area contributed by atoms with Crippen LogP contribution >= 0.6 is 24.0 Å². The number of nitrogens with one attached hydrogen (secondary N) is 2. The van der Waals surface area contributed by atoms with E-state index in [0.717, 1.165) is 32.1 Å². The van der Waals surface area contributed by atoms with Crippen LogP contribution in [0.4, 0.5) is 5.69 Å². The zero-order chi connectivity index (χ0) is 19.1. The summed E-state index contributed by atoms with van der Waals surface area (Å²) in [5.74, 6) is 1.26. The van der Waals surface area contributed by atoms with Gasteiger partial charge in [0.1, 0.15) is 0 Å². The van der Waals surface area contributed by atoms with Crippen molar-refractivity contribution in [1.29, 1.82) is 0 Å².